The summed E-state index contributed by atoms with van der Waals surface area (Å²) >= 11 is 0. The second-order valence-corrected chi connectivity index (χ2v) is 2.39. The number of anilines is 1. The van der Waals surface area contributed by atoms with Crippen molar-refractivity contribution in [1.82, 2.24) is 9.78 Å². The molecule has 0 radical (unpaired) electrons. The van der Waals surface area contributed by atoms with Gasteiger partial charge in [0.05, 0.1) is 0 Å². The van der Waals surface area contributed by atoms with Gasteiger partial charge in [-0.3, -0.25) is 10.00 Å². The lowest BCUT2D eigenvalue weighted by Crippen LogP contribution is -2.14. The van der Waals surface area contributed by atoms with Crippen LogP contribution < -0.4 is 5.32 Å². The third-order valence-corrected chi connectivity index (χ3v) is 1.28. The molecule has 13 heavy (non-hydrogen) atoms. The highest BCUT2D eigenvalue weighted by molar-refractivity contribution is 5.83. The van der Waals surface area contributed by atoms with E-state index >= 15 is 0 Å². The molecular weight excluding hydrogens is 170 g/mol. The van der Waals surface area contributed by atoms with Crippen molar-refractivity contribution >= 4 is 11.9 Å². The topological polar surface area (TPSA) is 56.1 Å². The van der Waals surface area contributed by atoms with Gasteiger partial charge in [-0.25, -0.2) is 4.79 Å². The van der Waals surface area contributed by atoms with E-state index in [-0.39, 0.29) is 6.61 Å². The van der Waals surface area contributed by atoms with Crippen molar-refractivity contribution in [2.75, 3.05) is 11.9 Å². The Morgan fingerprint density at radius 1 is 1.92 bits per heavy atom. The molecule has 0 aliphatic heterocycles. The minimum Gasteiger partial charge on any atom is -0.445 e. The summed E-state index contributed by atoms with van der Waals surface area (Å²) in [5.74, 6) is 0.469. The number of hydrogen-bond acceptors (Lipinski definition) is 3. The number of rotatable bonds is 3. The summed E-state index contributed by atoms with van der Waals surface area (Å²) in [5, 5.41) is 6.39. The molecule has 0 aromatic carbocycles. The Morgan fingerprint density at radius 3 is 3.23 bits per heavy atom. The second-order valence-electron chi connectivity index (χ2n) is 2.39. The average molecular weight is 181 g/mol. The monoisotopic (exact) mass is 181 g/mol. The molecule has 0 aliphatic carbocycles. The van der Waals surface area contributed by atoms with E-state index < -0.39 is 6.09 Å². The summed E-state index contributed by atoms with van der Waals surface area (Å²) in [6, 6.07) is 1.68. The molecule has 0 saturated heterocycles. The zero-order chi connectivity index (χ0) is 9.68. The molecule has 70 valence electrons. The van der Waals surface area contributed by atoms with Crippen LogP contribution in [0.4, 0.5) is 10.6 Å². The van der Waals surface area contributed by atoms with Gasteiger partial charge >= 0.3 is 6.09 Å². The maximum atomic E-state index is 11.0. The lowest BCUT2D eigenvalue weighted by atomic mass is 10.6. The summed E-state index contributed by atoms with van der Waals surface area (Å²) in [4.78, 5) is 11.0. The van der Waals surface area contributed by atoms with Crippen LogP contribution in [0.25, 0.3) is 0 Å². The van der Waals surface area contributed by atoms with Crippen molar-refractivity contribution in [2.45, 2.75) is 0 Å². The molecule has 5 heteroatoms. The van der Waals surface area contributed by atoms with Gasteiger partial charge in [0.15, 0.2) is 5.82 Å². The number of nitrogens with one attached hydrogen (secondary N) is 1. The maximum absolute atomic E-state index is 11.0. The Morgan fingerprint density at radius 2 is 2.69 bits per heavy atom. The minimum absolute atomic E-state index is 0.193. The van der Waals surface area contributed by atoms with Crippen LogP contribution in [-0.4, -0.2) is 22.5 Å². The van der Waals surface area contributed by atoms with Gasteiger partial charge in [-0.1, -0.05) is 12.7 Å². The summed E-state index contributed by atoms with van der Waals surface area (Å²) in [6.45, 7) is 3.61. The van der Waals surface area contributed by atoms with Crippen molar-refractivity contribution in [3.05, 3.63) is 24.9 Å². The van der Waals surface area contributed by atoms with Crippen LogP contribution in [0.2, 0.25) is 0 Å². The average Bonchev–Trinajstić information content (AvgIpc) is 2.48. The van der Waals surface area contributed by atoms with Gasteiger partial charge < -0.3 is 4.74 Å². The van der Waals surface area contributed by atoms with E-state index in [9.17, 15) is 4.79 Å². The highest BCUT2D eigenvalue weighted by Crippen LogP contribution is 2.00. The first kappa shape index (κ1) is 9.31. The number of ether oxygens (including phenoxy) is 1. The highest BCUT2D eigenvalue weighted by atomic mass is 16.5. The van der Waals surface area contributed by atoms with Gasteiger partial charge in [0.25, 0.3) is 0 Å². The fraction of sp³-hybridized carbons (Fsp3) is 0.250. The molecule has 0 saturated carbocycles. The highest BCUT2D eigenvalue weighted by Gasteiger charge is 2.02. The van der Waals surface area contributed by atoms with Crippen molar-refractivity contribution in [1.29, 1.82) is 0 Å². The predicted octanol–water partition coefficient (Wildman–Crippen LogP) is 1.15. The van der Waals surface area contributed by atoms with Gasteiger partial charge in [-0.15, -0.1) is 0 Å². The molecule has 1 N–H and O–H groups in total. The molecule has 1 aromatic heterocycles. The number of aryl methyl sites for hydroxylation is 1. The van der Waals surface area contributed by atoms with Crippen molar-refractivity contribution in [3.63, 3.8) is 0 Å². The number of carbonyl (C=O) groups excluding carboxylic acids is 1. The quantitative estimate of drug-likeness (QED) is 0.712. The van der Waals surface area contributed by atoms with E-state index in [2.05, 4.69) is 21.7 Å². The van der Waals surface area contributed by atoms with Gasteiger partial charge in [0.1, 0.15) is 6.61 Å². The third-order valence-electron chi connectivity index (χ3n) is 1.28. The van der Waals surface area contributed by atoms with Crippen LogP contribution in [0.5, 0.6) is 0 Å². The molecule has 0 aliphatic rings. The van der Waals surface area contributed by atoms with E-state index in [4.69, 9.17) is 0 Å². The number of carbonyl (C=O) groups is 1. The predicted molar refractivity (Wildman–Crippen MR) is 48.4 cm³/mol. The Kier molecular flexibility index (Phi) is 3.08. The second kappa shape index (κ2) is 4.30. The van der Waals surface area contributed by atoms with Gasteiger partial charge in [-0.05, 0) is 0 Å². The molecule has 1 aromatic rings. The largest absolute Gasteiger partial charge is 0.445 e. The molecule has 0 unspecified atom stereocenters. The number of nitrogens with zero attached hydrogens (tertiary/aromatic N) is 2. The lowest BCUT2D eigenvalue weighted by molar-refractivity contribution is 0.174. The van der Waals surface area contributed by atoms with Crippen LogP contribution in [0, 0.1) is 0 Å². The molecule has 0 atom stereocenters. The zero-order valence-electron chi connectivity index (χ0n) is 7.36. The Hall–Kier alpha value is -1.78. The van der Waals surface area contributed by atoms with Crippen molar-refractivity contribution in [3.8, 4) is 0 Å². The number of amides is 1. The first-order valence-electron chi connectivity index (χ1n) is 3.76. The molecular formula is C8H11N3O2. The molecule has 0 fully saturated rings. The summed E-state index contributed by atoms with van der Waals surface area (Å²) < 4.78 is 6.27. The standard InChI is InChI=1S/C8H11N3O2/c1-3-6-13-8(12)9-7-4-5-11(2)10-7/h3-5H,1,6H2,2H3,(H,9,10,12). The molecule has 5 nitrogen and oxygen atoms in total. The first-order chi connectivity index (χ1) is 6.22. The van der Waals surface area contributed by atoms with Crippen molar-refractivity contribution < 1.29 is 9.53 Å². The maximum Gasteiger partial charge on any atom is 0.413 e. The van der Waals surface area contributed by atoms with Crippen LogP contribution >= 0.6 is 0 Å². The van der Waals surface area contributed by atoms with Gasteiger partial charge in [-0.2, -0.15) is 5.10 Å². The molecule has 1 rings (SSSR count). The van der Waals surface area contributed by atoms with E-state index in [1.807, 2.05) is 0 Å². The molecule has 1 heterocycles. The summed E-state index contributed by atoms with van der Waals surface area (Å²) in [5.41, 5.74) is 0. The smallest absolute Gasteiger partial charge is 0.413 e. The van der Waals surface area contributed by atoms with Crippen LogP contribution in [0.1, 0.15) is 0 Å². The SMILES string of the molecule is C=CCOC(=O)Nc1ccn(C)n1. The van der Waals surface area contributed by atoms with E-state index in [0.29, 0.717) is 5.82 Å². The summed E-state index contributed by atoms with van der Waals surface area (Å²) in [7, 11) is 1.76. The third kappa shape index (κ3) is 2.98. The zero-order valence-corrected chi connectivity index (χ0v) is 7.36. The van der Waals surface area contributed by atoms with E-state index in [1.165, 1.54) is 6.08 Å². The van der Waals surface area contributed by atoms with Crippen LogP contribution in [0.15, 0.2) is 24.9 Å². The molecule has 0 spiro atoms. The molecule has 1 amide bonds. The van der Waals surface area contributed by atoms with Crippen LogP contribution in [0.3, 0.4) is 0 Å². The van der Waals surface area contributed by atoms with Crippen LogP contribution in [-0.2, 0) is 11.8 Å². The van der Waals surface area contributed by atoms with Crippen molar-refractivity contribution in [2.24, 2.45) is 7.05 Å². The first-order valence-corrected chi connectivity index (χ1v) is 3.76. The Bertz CT molecular complexity index is 306. The molecule has 0 bridgehead atoms. The Labute approximate surface area is 76.0 Å². The van der Waals surface area contributed by atoms with Gasteiger partial charge in [0, 0.05) is 19.3 Å². The fourth-order valence-electron chi connectivity index (χ4n) is 0.757. The lowest BCUT2D eigenvalue weighted by Gasteiger charge is -2.00. The fourth-order valence-corrected chi connectivity index (χ4v) is 0.757. The number of aromatic nitrogens is 2. The summed E-state index contributed by atoms with van der Waals surface area (Å²) in [6.07, 6.45) is 2.69. The van der Waals surface area contributed by atoms with E-state index in [0.717, 1.165) is 0 Å². The Balaban J connectivity index is 2.40. The minimum atomic E-state index is -0.529. The van der Waals surface area contributed by atoms with Gasteiger partial charge in [0.2, 0.25) is 0 Å². The normalized spacial score (nSPS) is 9.31. The van der Waals surface area contributed by atoms with E-state index in [1.54, 1.807) is 24.0 Å². The number of hydrogen-bond donors (Lipinski definition) is 1.